The third-order valence-corrected chi connectivity index (χ3v) is 8.17. The minimum Gasteiger partial charge on any atom is -0.336 e. The van der Waals surface area contributed by atoms with Gasteiger partial charge in [0.2, 0.25) is 5.91 Å². The van der Waals surface area contributed by atoms with Gasteiger partial charge in [0.15, 0.2) is 16.6 Å². The number of halogens is 1. The van der Waals surface area contributed by atoms with Gasteiger partial charge in [0.25, 0.3) is 0 Å². The summed E-state index contributed by atoms with van der Waals surface area (Å²) < 4.78 is 13.7. The summed E-state index contributed by atoms with van der Waals surface area (Å²) in [5.41, 5.74) is 6.59. The summed E-state index contributed by atoms with van der Waals surface area (Å²) >= 11 is 1.09. The fraction of sp³-hybridized carbons (Fsp3) is 0.207. The predicted octanol–water partition coefficient (Wildman–Crippen LogP) is 6.95. The molecule has 5 heterocycles. The van der Waals surface area contributed by atoms with Gasteiger partial charge in [0, 0.05) is 28.1 Å². The van der Waals surface area contributed by atoms with Crippen molar-refractivity contribution >= 4 is 45.0 Å². The largest absolute Gasteiger partial charge is 0.336 e. The van der Waals surface area contributed by atoms with E-state index in [0.29, 0.717) is 28.4 Å². The highest BCUT2D eigenvalue weighted by Crippen LogP contribution is 2.35. The van der Waals surface area contributed by atoms with E-state index in [0.717, 1.165) is 69.6 Å². The highest BCUT2D eigenvalue weighted by atomic mass is 32.1. The molecule has 10 heteroatoms. The van der Waals surface area contributed by atoms with Crippen molar-refractivity contribution < 1.29 is 9.18 Å². The third kappa shape index (κ3) is 4.46. The van der Waals surface area contributed by atoms with Crippen LogP contribution in [0.15, 0.2) is 60.9 Å². The number of nitrogens with one attached hydrogen (secondary N) is 3. The summed E-state index contributed by atoms with van der Waals surface area (Å²) in [6.45, 7) is 0. The standard InChI is InChI=1S/C29H24FN7OS/c30-24-12-11-23(39-24)19-7-4-8-21-25(19)35-28(34-21)27-26-22(36-37-27)10-9-20(33-26)17-13-18(15-31-14-17)32-29(38)16-5-2-1-3-6-16/h4,7-16H,1-3,5-6H2,(H,32,38)(H,34,35)(H,36,37). The van der Waals surface area contributed by atoms with Crippen LogP contribution >= 0.6 is 11.3 Å². The van der Waals surface area contributed by atoms with E-state index in [1.165, 1.54) is 12.5 Å². The first kappa shape index (κ1) is 23.7. The zero-order valence-corrected chi connectivity index (χ0v) is 21.7. The molecule has 8 nitrogen and oxygen atoms in total. The number of nitrogens with zero attached hydrogens (tertiary/aromatic N) is 4. The Balaban J connectivity index is 1.22. The van der Waals surface area contributed by atoms with Crippen molar-refractivity contribution in [3.63, 3.8) is 0 Å². The molecule has 1 aliphatic carbocycles. The highest BCUT2D eigenvalue weighted by molar-refractivity contribution is 7.14. The number of carbonyl (C=O) groups excluding carboxylic acids is 1. The van der Waals surface area contributed by atoms with Crippen LogP contribution in [0, 0.1) is 11.0 Å². The molecular formula is C29H24FN7OS. The molecule has 0 unspecified atom stereocenters. The number of carbonyl (C=O) groups is 1. The topological polar surface area (TPSA) is 112 Å². The highest BCUT2D eigenvalue weighted by Gasteiger charge is 2.22. The molecule has 5 aromatic heterocycles. The SMILES string of the molecule is O=C(Nc1cncc(-c2ccc3[nH]nc(-c4nc5c(-c6ccc(F)s6)cccc5[nH]4)c3n2)c1)C1CCCCC1. The number of imidazole rings is 1. The number of para-hydroxylation sites is 1. The summed E-state index contributed by atoms with van der Waals surface area (Å²) in [4.78, 5) is 31.0. The summed E-state index contributed by atoms with van der Waals surface area (Å²) in [6, 6.07) is 14.7. The van der Waals surface area contributed by atoms with E-state index < -0.39 is 0 Å². The number of rotatable bonds is 5. The van der Waals surface area contributed by atoms with Crippen LogP contribution in [0.3, 0.4) is 0 Å². The molecule has 0 bridgehead atoms. The van der Waals surface area contributed by atoms with Gasteiger partial charge in [-0.2, -0.15) is 9.49 Å². The lowest BCUT2D eigenvalue weighted by Gasteiger charge is -2.20. The number of pyridine rings is 2. The third-order valence-electron chi connectivity index (χ3n) is 7.26. The number of thiophene rings is 1. The van der Waals surface area contributed by atoms with E-state index in [4.69, 9.17) is 9.97 Å². The fourth-order valence-electron chi connectivity index (χ4n) is 5.28. The Hall–Kier alpha value is -4.44. The maximum Gasteiger partial charge on any atom is 0.227 e. The molecule has 0 aliphatic heterocycles. The summed E-state index contributed by atoms with van der Waals surface area (Å²) in [7, 11) is 0. The van der Waals surface area contributed by atoms with E-state index in [1.807, 2.05) is 36.4 Å². The van der Waals surface area contributed by atoms with E-state index >= 15 is 0 Å². The Kier molecular flexibility index (Phi) is 5.89. The van der Waals surface area contributed by atoms with Gasteiger partial charge in [-0.1, -0.05) is 31.4 Å². The van der Waals surface area contributed by atoms with Crippen LogP contribution in [0.4, 0.5) is 10.1 Å². The van der Waals surface area contributed by atoms with E-state index in [9.17, 15) is 9.18 Å². The van der Waals surface area contributed by atoms with E-state index in [1.54, 1.807) is 18.5 Å². The number of anilines is 1. The number of hydrogen-bond donors (Lipinski definition) is 3. The Labute approximate surface area is 226 Å². The second-order valence-electron chi connectivity index (χ2n) is 9.84. The molecular weight excluding hydrogens is 513 g/mol. The lowest BCUT2D eigenvalue weighted by molar-refractivity contribution is -0.120. The van der Waals surface area contributed by atoms with Gasteiger partial charge < -0.3 is 10.3 Å². The molecule has 1 aliphatic rings. The Morgan fingerprint density at radius 3 is 2.72 bits per heavy atom. The first-order valence-corrected chi connectivity index (χ1v) is 13.8. The normalized spacial score (nSPS) is 14.3. The van der Waals surface area contributed by atoms with Gasteiger partial charge in [0.1, 0.15) is 5.52 Å². The van der Waals surface area contributed by atoms with Gasteiger partial charge in [-0.05, 0) is 49.2 Å². The average Bonchev–Trinajstić information content (AvgIpc) is 3.71. The monoisotopic (exact) mass is 537 g/mol. The van der Waals surface area contributed by atoms with Crippen LogP contribution < -0.4 is 5.32 Å². The molecule has 0 radical (unpaired) electrons. The molecule has 7 rings (SSSR count). The van der Waals surface area contributed by atoms with Gasteiger partial charge in [-0.15, -0.1) is 11.3 Å². The zero-order valence-electron chi connectivity index (χ0n) is 20.9. The first-order chi connectivity index (χ1) is 19.1. The summed E-state index contributed by atoms with van der Waals surface area (Å²) in [5, 5.41) is 10.3. The minimum atomic E-state index is -0.236. The Morgan fingerprint density at radius 1 is 0.974 bits per heavy atom. The number of hydrogen-bond acceptors (Lipinski definition) is 6. The first-order valence-electron chi connectivity index (χ1n) is 13.0. The van der Waals surface area contributed by atoms with Crippen molar-refractivity contribution in [2.75, 3.05) is 5.32 Å². The van der Waals surface area contributed by atoms with Crippen molar-refractivity contribution in [1.82, 2.24) is 30.1 Å². The second-order valence-corrected chi connectivity index (χ2v) is 10.9. The van der Waals surface area contributed by atoms with Crippen LogP contribution in [0.2, 0.25) is 0 Å². The maximum atomic E-state index is 13.7. The number of H-pyrrole nitrogens is 2. The van der Waals surface area contributed by atoms with Crippen molar-refractivity contribution in [2.24, 2.45) is 5.92 Å². The van der Waals surface area contributed by atoms with Crippen LogP contribution in [0.25, 0.3) is 55.3 Å². The fourth-order valence-corrected chi connectivity index (χ4v) is 6.04. The number of aromatic amines is 2. The molecule has 0 atom stereocenters. The van der Waals surface area contributed by atoms with Crippen LogP contribution in [-0.4, -0.2) is 36.0 Å². The minimum absolute atomic E-state index is 0.0590. The van der Waals surface area contributed by atoms with Crippen molar-refractivity contribution in [2.45, 2.75) is 32.1 Å². The van der Waals surface area contributed by atoms with E-state index in [-0.39, 0.29) is 17.0 Å². The maximum absolute atomic E-state index is 13.7. The Morgan fingerprint density at radius 2 is 1.87 bits per heavy atom. The van der Waals surface area contributed by atoms with Crippen molar-refractivity contribution in [1.29, 1.82) is 0 Å². The van der Waals surface area contributed by atoms with Gasteiger partial charge >= 0.3 is 0 Å². The molecule has 39 heavy (non-hydrogen) atoms. The van der Waals surface area contributed by atoms with Crippen molar-refractivity contribution in [3.8, 4) is 33.2 Å². The van der Waals surface area contributed by atoms with E-state index in [2.05, 4.69) is 25.5 Å². The smallest absolute Gasteiger partial charge is 0.227 e. The number of benzene rings is 1. The number of fused-ring (bicyclic) bond motifs is 2. The predicted molar refractivity (Wildman–Crippen MR) is 151 cm³/mol. The molecule has 194 valence electrons. The van der Waals surface area contributed by atoms with Crippen molar-refractivity contribution in [3.05, 3.63) is 66.1 Å². The molecule has 6 aromatic rings. The zero-order chi connectivity index (χ0) is 26.3. The number of amides is 1. The van der Waals surface area contributed by atoms with Crippen LogP contribution in [0.1, 0.15) is 32.1 Å². The molecule has 1 saturated carbocycles. The van der Waals surface area contributed by atoms with Crippen LogP contribution in [0.5, 0.6) is 0 Å². The molecule has 0 spiro atoms. The lowest BCUT2D eigenvalue weighted by atomic mass is 9.88. The molecule has 1 aromatic carbocycles. The summed E-state index contributed by atoms with van der Waals surface area (Å²) in [6.07, 6.45) is 8.69. The van der Waals surface area contributed by atoms with Crippen LogP contribution in [-0.2, 0) is 4.79 Å². The molecule has 1 fully saturated rings. The number of aromatic nitrogens is 6. The molecule has 1 amide bonds. The average molecular weight is 538 g/mol. The quantitative estimate of drug-likeness (QED) is 0.220. The molecule has 0 saturated heterocycles. The van der Waals surface area contributed by atoms with Gasteiger partial charge in [-0.25, -0.2) is 9.97 Å². The van der Waals surface area contributed by atoms with Gasteiger partial charge in [0.05, 0.1) is 34.1 Å². The molecule has 3 N–H and O–H groups in total. The summed E-state index contributed by atoms with van der Waals surface area (Å²) in [5.74, 6) is 0.689. The Bertz CT molecular complexity index is 1830. The lowest BCUT2D eigenvalue weighted by Crippen LogP contribution is -2.24. The second kappa shape index (κ2) is 9.70. The van der Waals surface area contributed by atoms with Gasteiger partial charge in [-0.3, -0.25) is 14.9 Å².